The number of nitrogens with one attached hydrogen (secondary N) is 1. The molecule has 1 saturated heterocycles. The van der Waals surface area contributed by atoms with Gasteiger partial charge in [0.1, 0.15) is 0 Å². The van der Waals surface area contributed by atoms with Crippen LogP contribution in [0.1, 0.15) is 16.1 Å². The molecule has 3 rings (SSSR count). The second-order valence-electron chi connectivity index (χ2n) is 5.24. The van der Waals surface area contributed by atoms with Gasteiger partial charge >= 0.3 is 0 Å². The Bertz CT molecular complexity index is 796. The first kappa shape index (κ1) is 15.5. The SMILES string of the molecule is O=C(N[C@@H]1CCS(=O)(=O)C1)c1ccc(-c2ccc(Cl)cc2)s1. The Balaban J connectivity index is 1.71. The second kappa shape index (κ2) is 6.02. The number of amides is 1. The van der Waals surface area contributed by atoms with Crippen LogP contribution in [0.3, 0.4) is 0 Å². The number of thiophene rings is 1. The summed E-state index contributed by atoms with van der Waals surface area (Å²) in [6.07, 6.45) is 0.490. The molecule has 2 heterocycles. The summed E-state index contributed by atoms with van der Waals surface area (Å²) in [4.78, 5) is 13.7. The van der Waals surface area contributed by atoms with Gasteiger partial charge in [0, 0.05) is 15.9 Å². The van der Waals surface area contributed by atoms with Gasteiger partial charge < -0.3 is 5.32 Å². The predicted molar refractivity (Wildman–Crippen MR) is 89.3 cm³/mol. The zero-order valence-corrected chi connectivity index (χ0v) is 14.0. The van der Waals surface area contributed by atoms with Gasteiger partial charge in [-0.25, -0.2) is 8.42 Å². The van der Waals surface area contributed by atoms with E-state index in [9.17, 15) is 13.2 Å². The topological polar surface area (TPSA) is 63.2 Å². The van der Waals surface area contributed by atoms with E-state index >= 15 is 0 Å². The molecule has 22 heavy (non-hydrogen) atoms. The second-order valence-corrected chi connectivity index (χ2v) is 8.99. The Hall–Kier alpha value is -1.37. The van der Waals surface area contributed by atoms with Crippen LogP contribution in [0.15, 0.2) is 36.4 Å². The summed E-state index contributed by atoms with van der Waals surface area (Å²) in [6.45, 7) is 0. The molecule has 1 fully saturated rings. The van der Waals surface area contributed by atoms with Crippen LogP contribution in [0, 0.1) is 0 Å². The highest BCUT2D eigenvalue weighted by molar-refractivity contribution is 7.91. The van der Waals surface area contributed by atoms with Crippen molar-refractivity contribution in [1.29, 1.82) is 0 Å². The summed E-state index contributed by atoms with van der Waals surface area (Å²) < 4.78 is 22.8. The van der Waals surface area contributed by atoms with E-state index in [1.807, 2.05) is 18.2 Å². The average Bonchev–Trinajstić information content (AvgIpc) is 3.06. The van der Waals surface area contributed by atoms with Crippen LogP contribution < -0.4 is 5.32 Å². The Morgan fingerprint density at radius 1 is 1.18 bits per heavy atom. The molecule has 1 aliphatic rings. The maximum Gasteiger partial charge on any atom is 0.261 e. The van der Waals surface area contributed by atoms with Crippen molar-refractivity contribution in [1.82, 2.24) is 5.32 Å². The van der Waals surface area contributed by atoms with E-state index in [4.69, 9.17) is 11.6 Å². The van der Waals surface area contributed by atoms with Crippen LogP contribution in [-0.2, 0) is 9.84 Å². The highest BCUT2D eigenvalue weighted by atomic mass is 35.5. The van der Waals surface area contributed by atoms with Crippen LogP contribution in [0.2, 0.25) is 5.02 Å². The Morgan fingerprint density at radius 2 is 1.91 bits per heavy atom. The third-order valence-electron chi connectivity index (χ3n) is 3.53. The Kier molecular flexibility index (Phi) is 4.25. The summed E-state index contributed by atoms with van der Waals surface area (Å²) in [5.41, 5.74) is 0.997. The van der Waals surface area contributed by atoms with Crippen LogP contribution in [0.25, 0.3) is 10.4 Å². The zero-order valence-electron chi connectivity index (χ0n) is 11.6. The van der Waals surface area contributed by atoms with Crippen molar-refractivity contribution in [3.63, 3.8) is 0 Å². The molecule has 1 atom stereocenters. The van der Waals surface area contributed by atoms with Gasteiger partial charge in [0.2, 0.25) is 0 Å². The summed E-state index contributed by atoms with van der Waals surface area (Å²) >= 11 is 7.24. The first-order chi connectivity index (χ1) is 10.4. The average molecular weight is 356 g/mol. The minimum atomic E-state index is -2.99. The third-order valence-corrected chi connectivity index (χ3v) is 6.68. The minimum absolute atomic E-state index is 0.0359. The van der Waals surface area contributed by atoms with Gasteiger partial charge in [-0.2, -0.15) is 0 Å². The lowest BCUT2D eigenvalue weighted by molar-refractivity contribution is 0.0945. The number of halogens is 1. The van der Waals surface area contributed by atoms with Crippen molar-refractivity contribution in [2.75, 3.05) is 11.5 Å². The van der Waals surface area contributed by atoms with Crippen LogP contribution in [0.5, 0.6) is 0 Å². The van der Waals surface area contributed by atoms with Crippen LogP contribution in [0.4, 0.5) is 0 Å². The van der Waals surface area contributed by atoms with E-state index in [1.54, 1.807) is 18.2 Å². The Labute approximate surface area is 138 Å². The predicted octanol–water partition coefficient (Wildman–Crippen LogP) is 2.99. The summed E-state index contributed by atoms with van der Waals surface area (Å²) in [7, 11) is -2.99. The van der Waals surface area contributed by atoms with Crippen molar-refractivity contribution in [3.05, 3.63) is 46.3 Å². The number of carbonyl (C=O) groups is 1. The molecule has 1 aromatic heterocycles. The molecule has 1 aromatic carbocycles. The first-order valence-electron chi connectivity index (χ1n) is 6.80. The maximum absolute atomic E-state index is 12.2. The van der Waals surface area contributed by atoms with Gasteiger partial charge in [-0.05, 0) is 36.2 Å². The molecule has 0 bridgehead atoms. The van der Waals surface area contributed by atoms with Gasteiger partial charge in [-0.15, -0.1) is 11.3 Å². The molecule has 1 amide bonds. The van der Waals surface area contributed by atoms with E-state index in [2.05, 4.69) is 5.32 Å². The number of carbonyl (C=O) groups excluding carboxylic acids is 1. The molecule has 0 aliphatic carbocycles. The molecule has 1 N–H and O–H groups in total. The summed E-state index contributed by atoms with van der Waals surface area (Å²) in [5, 5.41) is 3.46. The smallest absolute Gasteiger partial charge is 0.261 e. The van der Waals surface area contributed by atoms with Gasteiger partial charge in [-0.1, -0.05) is 23.7 Å². The molecular formula is C15H14ClNO3S2. The molecule has 7 heteroatoms. The number of hydrogen-bond donors (Lipinski definition) is 1. The molecule has 116 valence electrons. The standard InChI is InChI=1S/C15H14ClNO3S2/c16-11-3-1-10(2-4-11)13-5-6-14(21-13)15(18)17-12-7-8-22(19,20)9-12/h1-6,12H,7-9H2,(H,17,18)/t12-/m1/s1. The van der Waals surface area contributed by atoms with Crippen LogP contribution >= 0.6 is 22.9 Å². The maximum atomic E-state index is 12.2. The normalized spacial score (nSPS) is 20.0. The number of rotatable bonds is 3. The molecule has 1 aliphatic heterocycles. The van der Waals surface area contributed by atoms with E-state index in [0.29, 0.717) is 16.3 Å². The summed E-state index contributed by atoms with van der Waals surface area (Å²) in [6, 6.07) is 10.8. The van der Waals surface area contributed by atoms with E-state index in [0.717, 1.165) is 10.4 Å². The van der Waals surface area contributed by atoms with Crippen molar-refractivity contribution >= 4 is 38.7 Å². The molecule has 0 radical (unpaired) electrons. The molecule has 0 unspecified atom stereocenters. The highest BCUT2D eigenvalue weighted by Crippen LogP contribution is 2.29. The van der Waals surface area contributed by atoms with E-state index < -0.39 is 9.84 Å². The molecule has 2 aromatic rings. The van der Waals surface area contributed by atoms with Gasteiger partial charge in [0.25, 0.3) is 5.91 Å². The lowest BCUT2D eigenvalue weighted by Gasteiger charge is -2.09. The number of benzene rings is 1. The fraction of sp³-hybridized carbons (Fsp3) is 0.267. The zero-order chi connectivity index (χ0) is 15.7. The fourth-order valence-corrected chi connectivity index (χ4v) is 5.11. The monoisotopic (exact) mass is 355 g/mol. The van der Waals surface area contributed by atoms with Crippen LogP contribution in [-0.4, -0.2) is 31.9 Å². The number of sulfone groups is 1. The van der Waals surface area contributed by atoms with Crippen molar-refractivity contribution in [2.24, 2.45) is 0 Å². The third kappa shape index (κ3) is 3.51. The molecule has 4 nitrogen and oxygen atoms in total. The first-order valence-corrected chi connectivity index (χ1v) is 9.82. The lowest BCUT2D eigenvalue weighted by Crippen LogP contribution is -2.35. The largest absolute Gasteiger partial charge is 0.348 e. The molecular weight excluding hydrogens is 342 g/mol. The quantitative estimate of drug-likeness (QED) is 0.920. The van der Waals surface area contributed by atoms with Gasteiger partial charge in [0.05, 0.1) is 16.4 Å². The van der Waals surface area contributed by atoms with Gasteiger partial charge in [0.15, 0.2) is 9.84 Å². The molecule has 0 spiro atoms. The minimum Gasteiger partial charge on any atom is -0.348 e. The summed E-state index contributed by atoms with van der Waals surface area (Å²) in [5.74, 6) is -0.0284. The van der Waals surface area contributed by atoms with Crippen molar-refractivity contribution < 1.29 is 13.2 Å². The van der Waals surface area contributed by atoms with E-state index in [-0.39, 0.29) is 23.5 Å². The molecule has 0 saturated carbocycles. The number of hydrogen-bond acceptors (Lipinski definition) is 4. The highest BCUT2D eigenvalue weighted by Gasteiger charge is 2.29. The van der Waals surface area contributed by atoms with E-state index in [1.165, 1.54) is 11.3 Å². The Morgan fingerprint density at radius 3 is 2.55 bits per heavy atom. The van der Waals surface area contributed by atoms with Crippen molar-refractivity contribution in [2.45, 2.75) is 12.5 Å². The lowest BCUT2D eigenvalue weighted by atomic mass is 10.2. The van der Waals surface area contributed by atoms with Crippen molar-refractivity contribution in [3.8, 4) is 10.4 Å². The van der Waals surface area contributed by atoms with Gasteiger partial charge in [-0.3, -0.25) is 4.79 Å². The fourth-order valence-electron chi connectivity index (χ4n) is 2.39.